The van der Waals surface area contributed by atoms with Crippen LogP contribution in [0.25, 0.3) is 11.3 Å². The Morgan fingerprint density at radius 1 is 1.30 bits per heavy atom. The van der Waals surface area contributed by atoms with Crippen molar-refractivity contribution in [2.75, 3.05) is 12.8 Å². The SMILES string of the molecule is COc1cccc(F)c1-c1c(F)c(N)nn1C(=O)OC(C)(C)C. The summed E-state index contributed by atoms with van der Waals surface area (Å²) in [4.78, 5) is 12.2. The molecule has 0 unspecified atom stereocenters. The summed E-state index contributed by atoms with van der Waals surface area (Å²) < 4.78 is 39.3. The topological polar surface area (TPSA) is 79.4 Å². The number of nitrogens with zero attached hydrogens (tertiary/aromatic N) is 2. The maximum atomic E-state index is 14.4. The Hall–Kier alpha value is -2.64. The molecule has 0 amide bonds. The molecule has 6 nitrogen and oxygen atoms in total. The van der Waals surface area contributed by atoms with Gasteiger partial charge in [0.2, 0.25) is 0 Å². The van der Waals surface area contributed by atoms with E-state index in [0.717, 1.165) is 6.07 Å². The van der Waals surface area contributed by atoms with Crippen molar-refractivity contribution in [2.45, 2.75) is 26.4 Å². The largest absolute Gasteiger partial charge is 0.496 e. The van der Waals surface area contributed by atoms with E-state index in [2.05, 4.69) is 5.10 Å². The molecule has 0 atom stereocenters. The Morgan fingerprint density at radius 3 is 2.52 bits per heavy atom. The molecule has 124 valence electrons. The summed E-state index contributed by atoms with van der Waals surface area (Å²) in [7, 11) is 1.30. The lowest BCUT2D eigenvalue weighted by Crippen LogP contribution is -2.28. The van der Waals surface area contributed by atoms with Crippen molar-refractivity contribution in [3.8, 4) is 17.0 Å². The van der Waals surface area contributed by atoms with Gasteiger partial charge < -0.3 is 15.2 Å². The minimum Gasteiger partial charge on any atom is -0.496 e. The molecule has 1 heterocycles. The van der Waals surface area contributed by atoms with Crippen LogP contribution in [0.15, 0.2) is 18.2 Å². The Kier molecular flexibility index (Phi) is 4.26. The number of carbonyl (C=O) groups is 1. The van der Waals surface area contributed by atoms with Gasteiger partial charge in [0, 0.05) is 0 Å². The number of methoxy groups -OCH3 is 1. The van der Waals surface area contributed by atoms with Gasteiger partial charge in [-0.3, -0.25) is 0 Å². The highest BCUT2D eigenvalue weighted by atomic mass is 19.1. The monoisotopic (exact) mass is 325 g/mol. The van der Waals surface area contributed by atoms with Crippen molar-refractivity contribution in [3.05, 3.63) is 29.8 Å². The van der Waals surface area contributed by atoms with Gasteiger partial charge in [-0.25, -0.2) is 13.6 Å². The molecule has 8 heteroatoms. The number of halogens is 2. The summed E-state index contributed by atoms with van der Waals surface area (Å²) in [6, 6.07) is 3.94. The summed E-state index contributed by atoms with van der Waals surface area (Å²) in [5.74, 6) is -2.32. The van der Waals surface area contributed by atoms with Gasteiger partial charge in [0.05, 0.1) is 12.7 Å². The number of nitrogens with two attached hydrogens (primary N) is 1. The zero-order chi connectivity index (χ0) is 17.4. The highest BCUT2D eigenvalue weighted by molar-refractivity contribution is 5.81. The predicted octanol–water partition coefficient (Wildman–Crippen LogP) is 3.20. The number of ether oxygens (including phenoxy) is 2. The van der Waals surface area contributed by atoms with E-state index in [1.807, 2.05) is 0 Å². The lowest BCUT2D eigenvalue weighted by Gasteiger charge is -2.20. The molecule has 2 rings (SSSR count). The Labute approximate surface area is 131 Å². The molecule has 1 aromatic carbocycles. The van der Waals surface area contributed by atoms with E-state index in [4.69, 9.17) is 15.2 Å². The number of nitrogen functional groups attached to an aromatic ring is 1. The predicted molar refractivity (Wildman–Crippen MR) is 80.2 cm³/mol. The minimum absolute atomic E-state index is 0.0357. The molecule has 0 bridgehead atoms. The van der Waals surface area contributed by atoms with E-state index in [-0.39, 0.29) is 11.3 Å². The molecule has 0 radical (unpaired) electrons. The molecule has 0 spiro atoms. The average molecular weight is 325 g/mol. The summed E-state index contributed by atoms with van der Waals surface area (Å²) in [5.41, 5.74) is 3.89. The van der Waals surface area contributed by atoms with Gasteiger partial charge in [-0.05, 0) is 32.9 Å². The van der Waals surface area contributed by atoms with Crippen molar-refractivity contribution < 1.29 is 23.0 Å². The third-order valence-corrected chi connectivity index (χ3v) is 2.85. The van der Waals surface area contributed by atoms with Gasteiger partial charge in [-0.2, -0.15) is 4.68 Å². The fourth-order valence-corrected chi connectivity index (χ4v) is 1.97. The standard InChI is InChI=1S/C15H17F2N3O3/c1-15(2,3)23-14(21)20-12(11(17)13(18)19-20)10-8(16)6-5-7-9(10)22-4/h5-7H,1-4H3,(H2,18,19). The van der Waals surface area contributed by atoms with Gasteiger partial charge >= 0.3 is 6.09 Å². The highest BCUT2D eigenvalue weighted by Gasteiger charge is 2.29. The van der Waals surface area contributed by atoms with Gasteiger partial charge in [-0.15, -0.1) is 5.10 Å². The van der Waals surface area contributed by atoms with Crippen molar-refractivity contribution in [2.24, 2.45) is 0 Å². The van der Waals surface area contributed by atoms with Crippen LogP contribution in [0, 0.1) is 11.6 Å². The molecule has 0 saturated carbocycles. The van der Waals surface area contributed by atoms with Crippen LogP contribution in [0.1, 0.15) is 20.8 Å². The number of hydrogen-bond acceptors (Lipinski definition) is 5. The van der Waals surface area contributed by atoms with Crippen molar-refractivity contribution in [1.82, 2.24) is 9.78 Å². The number of aromatic nitrogens is 2. The second kappa shape index (κ2) is 5.86. The van der Waals surface area contributed by atoms with Crippen molar-refractivity contribution in [1.29, 1.82) is 0 Å². The Morgan fingerprint density at radius 2 is 1.96 bits per heavy atom. The Balaban J connectivity index is 2.67. The first kappa shape index (κ1) is 16.7. The molecule has 0 aliphatic heterocycles. The fraction of sp³-hybridized carbons (Fsp3) is 0.333. The molecule has 0 fully saturated rings. The lowest BCUT2D eigenvalue weighted by molar-refractivity contribution is 0.0517. The average Bonchev–Trinajstić information content (AvgIpc) is 2.73. The number of hydrogen-bond donors (Lipinski definition) is 1. The van der Waals surface area contributed by atoms with Crippen molar-refractivity contribution in [3.63, 3.8) is 0 Å². The summed E-state index contributed by atoms with van der Waals surface area (Å²) in [6.07, 6.45) is -0.978. The maximum Gasteiger partial charge on any atom is 0.435 e. The molecule has 2 aromatic rings. The molecule has 2 N–H and O–H groups in total. The maximum absolute atomic E-state index is 14.4. The van der Waals surface area contributed by atoms with Crippen LogP contribution >= 0.6 is 0 Å². The molecule has 0 aliphatic rings. The third-order valence-electron chi connectivity index (χ3n) is 2.85. The van der Waals surface area contributed by atoms with E-state index in [1.165, 1.54) is 19.2 Å². The van der Waals surface area contributed by atoms with E-state index < -0.39 is 34.8 Å². The quantitative estimate of drug-likeness (QED) is 0.917. The molecule has 23 heavy (non-hydrogen) atoms. The van der Waals surface area contributed by atoms with E-state index in [1.54, 1.807) is 20.8 Å². The fourth-order valence-electron chi connectivity index (χ4n) is 1.97. The number of carbonyl (C=O) groups excluding carboxylic acids is 1. The smallest absolute Gasteiger partial charge is 0.435 e. The van der Waals surface area contributed by atoms with Crippen LogP contribution in [-0.4, -0.2) is 28.6 Å². The van der Waals surface area contributed by atoms with Gasteiger partial charge in [0.1, 0.15) is 22.9 Å². The zero-order valence-corrected chi connectivity index (χ0v) is 13.2. The van der Waals surface area contributed by atoms with E-state index in [9.17, 15) is 13.6 Å². The van der Waals surface area contributed by atoms with Crippen LogP contribution in [-0.2, 0) is 4.74 Å². The minimum atomic E-state index is -1.03. The van der Waals surface area contributed by atoms with E-state index in [0.29, 0.717) is 4.68 Å². The van der Waals surface area contributed by atoms with Crippen LogP contribution in [0.2, 0.25) is 0 Å². The molecule has 0 aliphatic carbocycles. The normalized spacial score (nSPS) is 11.4. The molecule has 1 aromatic heterocycles. The van der Waals surface area contributed by atoms with Gasteiger partial charge in [-0.1, -0.05) is 6.07 Å². The van der Waals surface area contributed by atoms with Crippen LogP contribution in [0.3, 0.4) is 0 Å². The molecule has 0 saturated heterocycles. The number of rotatable bonds is 2. The second-order valence-corrected chi connectivity index (χ2v) is 5.76. The zero-order valence-electron chi connectivity index (χ0n) is 13.2. The summed E-state index contributed by atoms with van der Waals surface area (Å²) in [5, 5.41) is 3.61. The Bertz CT molecular complexity index is 751. The van der Waals surface area contributed by atoms with Crippen LogP contribution in [0.4, 0.5) is 19.4 Å². The third kappa shape index (κ3) is 3.25. The first-order valence-electron chi connectivity index (χ1n) is 6.76. The lowest BCUT2D eigenvalue weighted by atomic mass is 10.1. The number of anilines is 1. The molecular weight excluding hydrogens is 308 g/mol. The summed E-state index contributed by atoms with van der Waals surface area (Å²) in [6.45, 7) is 4.91. The molecular formula is C15H17F2N3O3. The van der Waals surface area contributed by atoms with E-state index >= 15 is 0 Å². The first-order chi connectivity index (χ1) is 10.7. The van der Waals surface area contributed by atoms with Gasteiger partial charge in [0.15, 0.2) is 11.6 Å². The van der Waals surface area contributed by atoms with Gasteiger partial charge in [0.25, 0.3) is 0 Å². The highest BCUT2D eigenvalue weighted by Crippen LogP contribution is 2.36. The van der Waals surface area contributed by atoms with Crippen molar-refractivity contribution >= 4 is 11.9 Å². The second-order valence-electron chi connectivity index (χ2n) is 5.76. The van der Waals surface area contributed by atoms with Crippen LogP contribution < -0.4 is 10.5 Å². The number of benzene rings is 1. The summed E-state index contributed by atoms with van der Waals surface area (Å²) >= 11 is 0. The van der Waals surface area contributed by atoms with Crippen LogP contribution in [0.5, 0.6) is 5.75 Å². The first-order valence-corrected chi connectivity index (χ1v) is 6.76.